The summed E-state index contributed by atoms with van der Waals surface area (Å²) in [6.45, 7) is -0.376. The lowest BCUT2D eigenvalue weighted by Gasteiger charge is -2.28. The molecule has 0 aromatic heterocycles. The Labute approximate surface area is 156 Å². The summed E-state index contributed by atoms with van der Waals surface area (Å²) in [4.78, 5) is 33.4. The second kappa shape index (κ2) is 9.86. The molecule has 2 bridgehead atoms. The van der Waals surface area contributed by atoms with Crippen LogP contribution in [0.2, 0.25) is 0 Å². The molecule has 6 N–H and O–H groups in total. The van der Waals surface area contributed by atoms with Crippen LogP contribution in [0.4, 0.5) is 5.69 Å². The molecular formula is C17H24N4O6. The Morgan fingerprint density at radius 2 is 1.78 bits per heavy atom. The van der Waals surface area contributed by atoms with Gasteiger partial charge >= 0.3 is 17.9 Å². The van der Waals surface area contributed by atoms with Crippen molar-refractivity contribution >= 4 is 23.6 Å². The molecule has 0 saturated carbocycles. The van der Waals surface area contributed by atoms with Gasteiger partial charge in [0, 0.05) is 12.5 Å². The zero-order valence-corrected chi connectivity index (χ0v) is 14.7. The van der Waals surface area contributed by atoms with Crippen LogP contribution in [-0.2, 0) is 20.8 Å². The Morgan fingerprint density at radius 1 is 1.04 bits per heavy atom. The van der Waals surface area contributed by atoms with Crippen LogP contribution in [0, 0.1) is 5.92 Å². The van der Waals surface area contributed by atoms with Gasteiger partial charge in [-0.1, -0.05) is 12.1 Å². The Kier molecular flexibility index (Phi) is 7.53. The minimum absolute atomic E-state index is 0.00395. The third-order valence-corrected chi connectivity index (χ3v) is 4.22. The molecule has 1 heterocycles. The number of nitrogens with zero attached hydrogens (tertiary/aromatic N) is 1. The van der Waals surface area contributed by atoms with Crippen LogP contribution in [0.5, 0.6) is 0 Å². The van der Waals surface area contributed by atoms with E-state index >= 15 is 0 Å². The van der Waals surface area contributed by atoms with Crippen molar-refractivity contribution in [2.24, 2.45) is 5.92 Å². The van der Waals surface area contributed by atoms with Gasteiger partial charge in [0.1, 0.15) is 6.54 Å². The molecule has 0 saturated heterocycles. The van der Waals surface area contributed by atoms with Crippen LogP contribution >= 0.6 is 0 Å². The number of carbonyl (C=O) groups is 3. The number of anilines is 1. The number of carboxylic acids is 3. The average molecular weight is 380 g/mol. The van der Waals surface area contributed by atoms with Gasteiger partial charge < -0.3 is 20.7 Å². The third kappa shape index (κ3) is 7.60. The first-order valence-electron chi connectivity index (χ1n) is 8.61. The molecule has 1 aliphatic rings. The number of hydrazine groups is 3. The van der Waals surface area contributed by atoms with E-state index < -0.39 is 23.9 Å². The van der Waals surface area contributed by atoms with Crippen LogP contribution in [0.1, 0.15) is 31.2 Å². The van der Waals surface area contributed by atoms with E-state index in [-0.39, 0.29) is 25.3 Å². The van der Waals surface area contributed by atoms with Crippen molar-refractivity contribution in [3.8, 4) is 0 Å². The van der Waals surface area contributed by atoms with Crippen LogP contribution in [0.25, 0.3) is 0 Å². The maximum Gasteiger partial charge on any atom is 0.321 e. The highest BCUT2D eigenvalue weighted by atomic mass is 16.4. The highest BCUT2D eigenvalue weighted by Crippen LogP contribution is 2.22. The Hall–Kier alpha value is -2.69. The molecule has 1 aliphatic heterocycles. The summed E-state index contributed by atoms with van der Waals surface area (Å²) in [6.07, 6.45) is 1.30. The van der Waals surface area contributed by atoms with Crippen molar-refractivity contribution in [1.29, 1.82) is 0 Å². The number of benzene rings is 1. The summed E-state index contributed by atoms with van der Waals surface area (Å²) in [7, 11) is 0. The van der Waals surface area contributed by atoms with E-state index in [1.165, 1.54) is 5.12 Å². The van der Waals surface area contributed by atoms with Gasteiger partial charge in [-0.3, -0.25) is 14.4 Å². The maximum atomic E-state index is 11.2. The molecule has 27 heavy (non-hydrogen) atoms. The lowest BCUT2D eigenvalue weighted by molar-refractivity contribution is -0.140. The number of aliphatic carboxylic acids is 3. The van der Waals surface area contributed by atoms with Crippen molar-refractivity contribution in [3.63, 3.8) is 0 Å². The van der Waals surface area contributed by atoms with Crippen LogP contribution in [-0.4, -0.2) is 50.9 Å². The molecule has 1 aromatic rings. The van der Waals surface area contributed by atoms with Gasteiger partial charge in [0.15, 0.2) is 0 Å². The monoisotopic (exact) mass is 380 g/mol. The van der Waals surface area contributed by atoms with Gasteiger partial charge in [0.2, 0.25) is 0 Å². The fourth-order valence-corrected chi connectivity index (χ4v) is 3.06. The molecule has 0 aliphatic carbocycles. The molecule has 148 valence electrons. The molecule has 0 fully saturated rings. The van der Waals surface area contributed by atoms with Gasteiger partial charge in [0.25, 0.3) is 0 Å². The number of rotatable bonds is 6. The van der Waals surface area contributed by atoms with Gasteiger partial charge in [-0.15, -0.1) is 5.12 Å². The molecule has 1 aromatic carbocycles. The predicted molar refractivity (Wildman–Crippen MR) is 95.4 cm³/mol. The van der Waals surface area contributed by atoms with E-state index in [1.54, 1.807) is 12.1 Å². The Bertz CT molecular complexity index is 638. The van der Waals surface area contributed by atoms with Crippen molar-refractivity contribution in [2.45, 2.75) is 38.1 Å². The lowest BCUT2D eigenvalue weighted by Crippen LogP contribution is -2.55. The average Bonchev–Trinajstić information content (AvgIpc) is 2.55. The molecule has 2 atom stereocenters. The van der Waals surface area contributed by atoms with Gasteiger partial charge in [-0.25, -0.2) is 5.43 Å². The molecule has 0 radical (unpaired) electrons. The first kappa shape index (κ1) is 20.6. The smallest absolute Gasteiger partial charge is 0.321 e. The number of hydrogen-bond donors (Lipinski definition) is 6. The fourth-order valence-electron chi connectivity index (χ4n) is 3.06. The molecule has 2 unspecified atom stereocenters. The summed E-state index contributed by atoms with van der Waals surface area (Å²) >= 11 is 0. The topological polar surface area (TPSA) is 151 Å². The summed E-state index contributed by atoms with van der Waals surface area (Å²) in [6, 6.07) is 6.79. The molecule has 10 heteroatoms. The van der Waals surface area contributed by atoms with E-state index in [2.05, 4.69) is 16.4 Å². The Balaban J connectivity index is 2.24. The van der Waals surface area contributed by atoms with Gasteiger partial charge in [-0.05, 0) is 42.9 Å². The van der Waals surface area contributed by atoms with Crippen molar-refractivity contribution in [3.05, 3.63) is 29.8 Å². The van der Waals surface area contributed by atoms with Crippen molar-refractivity contribution in [2.75, 3.05) is 12.0 Å². The highest BCUT2D eigenvalue weighted by molar-refractivity contribution is 5.69. The lowest BCUT2D eigenvalue weighted by atomic mass is 9.89. The van der Waals surface area contributed by atoms with Crippen LogP contribution in [0.15, 0.2) is 24.3 Å². The number of hydrogen-bond acceptors (Lipinski definition) is 7. The van der Waals surface area contributed by atoms with Gasteiger partial charge in [-0.2, -0.15) is 5.53 Å². The quantitative estimate of drug-likeness (QED) is 0.415. The van der Waals surface area contributed by atoms with E-state index in [4.69, 9.17) is 15.3 Å². The van der Waals surface area contributed by atoms with Crippen molar-refractivity contribution in [1.82, 2.24) is 16.1 Å². The van der Waals surface area contributed by atoms with Crippen LogP contribution in [0.3, 0.4) is 0 Å². The third-order valence-electron chi connectivity index (χ3n) is 4.22. The molecule has 0 amide bonds. The summed E-state index contributed by atoms with van der Waals surface area (Å²) < 4.78 is 0. The molecule has 10 nitrogen and oxygen atoms in total. The second-order valence-corrected chi connectivity index (χ2v) is 6.59. The highest BCUT2D eigenvalue weighted by Gasteiger charge is 2.21. The maximum absolute atomic E-state index is 11.2. The van der Waals surface area contributed by atoms with Gasteiger partial charge in [0.05, 0.1) is 12.1 Å². The Morgan fingerprint density at radius 3 is 2.44 bits per heavy atom. The molecule has 2 rings (SSSR count). The number of nitrogens with one attached hydrogen (secondary N) is 3. The zero-order valence-electron chi connectivity index (χ0n) is 14.7. The SMILES string of the molecule is O=C(O)CC1CCC(CC(=O)O)NNN(CC(=O)O)Nc2cccc(c2)C1. The summed E-state index contributed by atoms with van der Waals surface area (Å²) in [5, 5.41) is 28.5. The summed E-state index contributed by atoms with van der Waals surface area (Å²) in [5.41, 5.74) is 9.99. The fraction of sp³-hybridized carbons (Fsp3) is 0.471. The predicted octanol–water partition coefficient (Wildman–Crippen LogP) is 0.680. The standard InChI is InChI=1S/C17H24N4O6/c22-15(23)8-12-4-5-13(9-16(24)25)18-20-21(10-17(26)27)19-14-3-1-2-11(6-12)7-14/h1-3,7,12-13,18-20H,4-6,8-10H2,(H,22,23)(H,24,25)(H,26,27). The summed E-state index contributed by atoms with van der Waals surface area (Å²) in [5.74, 6) is -3.10. The second-order valence-electron chi connectivity index (χ2n) is 6.59. The van der Waals surface area contributed by atoms with Crippen molar-refractivity contribution < 1.29 is 29.7 Å². The van der Waals surface area contributed by atoms with E-state index in [9.17, 15) is 14.4 Å². The van der Waals surface area contributed by atoms with Crippen LogP contribution < -0.4 is 16.4 Å². The van der Waals surface area contributed by atoms with E-state index in [0.29, 0.717) is 24.9 Å². The minimum atomic E-state index is -1.07. The van der Waals surface area contributed by atoms with E-state index in [1.807, 2.05) is 12.1 Å². The number of carboxylic acid groups (broad SMARTS) is 3. The zero-order chi connectivity index (χ0) is 19.8. The molecular weight excluding hydrogens is 356 g/mol. The number of fused-ring (bicyclic) bond motifs is 2. The first-order chi connectivity index (χ1) is 12.8. The first-order valence-corrected chi connectivity index (χ1v) is 8.61. The normalized spacial score (nSPS) is 21.3. The van der Waals surface area contributed by atoms with E-state index in [0.717, 1.165) is 5.56 Å². The minimum Gasteiger partial charge on any atom is -0.481 e. The molecule has 0 spiro atoms. The largest absolute Gasteiger partial charge is 0.481 e.